The molecular weight excluding hydrogens is 334 g/mol. The van der Waals surface area contributed by atoms with Crippen LogP contribution in [0.5, 0.6) is 5.75 Å². The number of fused-ring (bicyclic) bond motifs is 1. The number of carbonyl (C=O) groups excluding carboxylic acids is 1. The predicted molar refractivity (Wildman–Crippen MR) is 89.9 cm³/mol. The molecule has 0 atom stereocenters. The molecule has 0 saturated carbocycles. The first-order valence-electron chi connectivity index (χ1n) is 6.86. The molecule has 0 aliphatic carbocycles. The van der Waals surface area contributed by atoms with Gasteiger partial charge in [-0.05, 0) is 47.4 Å². The van der Waals surface area contributed by atoms with Crippen LogP contribution in [0.3, 0.4) is 0 Å². The van der Waals surface area contributed by atoms with Crippen molar-refractivity contribution in [3.05, 3.63) is 47.5 Å². The van der Waals surface area contributed by atoms with E-state index in [1.165, 1.54) is 11.5 Å². The minimum Gasteiger partial charge on any atom is -0.482 e. The number of nitrogens with zero attached hydrogens (tertiary/aromatic N) is 2. The van der Waals surface area contributed by atoms with Gasteiger partial charge in [0.05, 0.1) is 10.6 Å². The minimum atomic E-state index is -0.166. The Morgan fingerprint density at radius 1 is 1.17 bits per heavy atom. The molecule has 1 amide bonds. The van der Waals surface area contributed by atoms with E-state index in [-0.39, 0.29) is 12.5 Å². The highest BCUT2D eigenvalue weighted by atomic mass is 35.5. The average Bonchev–Trinajstić information content (AvgIpc) is 3.03. The van der Waals surface area contributed by atoms with Crippen LogP contribution in [0.2, 0.25) is 5.02 Å². The Morgan fingerprint density at radius 2 is 2.09 bits per heavy atom. The highest BCUT2D eigenvalue weighted by Gasteiger charge is 2.19. The fourth-order valence-electron chi connectivity index (χ4n) is 2.43. The van der Waals surface area contributed by atoms with Crippen molar-refractivity contribution in [1.82, 2.24) is 9.59 Å². The number of carbonyl (C=O) groups is 1. The van der Waals surface area contributed by atoms with Crippen LogP contribution < -0.4 is 10.1 Å². The molecule has 7 heteroatoms. The second kappa shape index (κ2) is 5.64. The number of aromatic nitrogens is 2. The highest BCUT2D eigenvalue weighted by molar-refractivity contribution is 7.09. The van der Waals surface area contributed by atoms with Crippen molar-refractivity contribution in [3.8, 4) is 27.4 Å². The molecular formula is C16H10ClN3O2S. The summed E-state index contributed by atoms with van der Waals surface area (Å²) in [6.07, 6.45) is 0. The Kier molecular flexibility index (Phi) is 3.48. The van der Waals surface area contributed by atoms with Crippen LogP contribution in [0.25, 0.3) is 21.7 Å². The molecule has 0 saturated heterocycles. The topological polar surface area (TPSA) is 64.1 Å². The molecule has 2 aromatic carbocycles. The van der Waals surface area contributed by atoms with Crippen molar-refractivity contribution in [3.63, 3.8) is 0 Å². The first-order chi connectivity index (χ1) is 11.2. The highest BCUT2D eigenvalue weighted by Crippen LogP contribution is 2.38. The molecule has 3 aromatic rings. The quantitative estimate of drug-likeness (QED) is 0.767. The summed E-state index contributed by atoms with van der Waals surface area (Å²) < 4.78 is 9.44. The van der Waals surface area contributed by atoms with Crippen molar-refractivity contribution >= 4 is 34.7 Å². The fourth-order valence-corrected chi connectivity index (χ4v) is 3.30. The van der Waals surface area contributed by atoms with E-state index in [0.29, 0.717) is 16.5 Å². The maximum Gasteiger partial charge on any atom is 0.262 e. The van der Waals surface area contributed by atoms with E-state index in [2.05, 4.69) is 14.9 Å². The standard InChI is InChI=1S/C16H10ClN3O2S/c17-11-3-1-2-10(6-11)16-15(19-20-23-16)9-4-5-13-12(7-9)18-14(21)8-22-13/h1-7H,8H2,(H,18,21). The zero-order chi connectivity index (χ0) is 15.8. The number of anilines is 1. The van der Waals surface area contributed by atoms with Crippen LogP contribution in [0, 0.1) is 0 Å². The van der Waals surface area contributed by atoms with Gasteiger partial charge in [0.15, 0.2) is 6.61 Å². The first kappa shape index (κ1) is 14.2. The van der Waals surface area contributed by atoms with Gasteiger partial charge in [0.2, 0.25) is 0 Å². The van der Waals surface area contributed by atoms with E-state index in [0.717, 1.165) is 21.7 Å². The Morgan fingerprint density at radius 3 is 2.96 bits per heavy atom. The molecule has 114 valence electrons. The third kappa shape index (κ3) is 2.67. The summed E-state index contributed by atoms with van der Waals surface area (Å²) in [5.41, 5.74) is 3.21. The lowest BCUT2D eigenvalue weighted by Crippen LogP contribution is -2.25. The Balaban J connectivity index is 1.79. The average molecular weight is 344 g/mol. The third-order valence-electron chi connectivity index (χ3n) is 3.46. The van der Waals surface area contributed by atoms with Crippen LogP contribution in [-0.2, 0) is 4.79 Å². The van der Waals surface area contributed by atoms with Crippen LogP contribution in [0.4, 0.5) is 5.69 Å². The maximum absolute atomic E-state index is 11.5. The molecule has 1 N–H and O–H groups in total. The monoisotopic (exact) mass is 343 g/mol. The Bertz CT molecular complexity index is 910. The number of nitrogens with one attached hydrogen (secondary N) is 1. The van der Waals surface area contributed by atoms with Crippen LogP contribution in [-0.4, -0.2) is 22.1 Å². The molecule has 0 bridgehead atoms. The van der Waals surface area contributed by atoms with E-state index in [9.17, 15) is 4.79 Å². The maximum atomic E-state index is 11.5. The molecule has 0 spiro atoms. The van der Waals surface area contributed by atoms with Gasteiger partial charge in [0.1, 0.15) is 11.4 Å². The van der Waals surface area contributed by atoms with Gasteiger partial charge < -0.3 is 10.1 Å². The van der Waals surface area contributed by atoms with Gasteiger partial charge in [-0.2, -0.15) is 0 Å². The smallest absolute Gasteiger partial charge is 0.262 e. The first-order valence-corrected chi connectivity index (χ1v) is 8.01. The van der Waals surface area contributed by atoms with E-state index >= 15 is 0 Å². The van der Waals surface area contributed by atoms with Crippen LogP contribution in [0.1, 0.15) is 0 Å². The number of amides is 1. The molecule has 0 radical (unpaired) electrons. The van der Waals surface area contributed by atoms with E-state index in [4.69, 9.17) is 16.3 Å². The van der Waals surface area contributed by atoms with Crippen LogP contribution in [0.15, 0.2) is 42.5 Å². The minimum absolute atomic E-state index is 0.0400. The number of halogens is 1. The number of benzene rings is 2. The number of hydrogen-bond donors (Lipinski definition) is 1. The van der Waals surface area contributed by atoms with E-state index in [1.54, 1.807) is 0 Å². The van der Waals surface area contributed by atoms with Gasteiger partial charge in [-0.25, -0.2) is 0 Å². The lowest BCUT2D eigenvalue weighted by atomic mass is 10.1. The summed E-state index contributed by atoms with van der Waals surface area (Å²) in [6, 6.07) is 13.1. The molecule has 0 unspecified atom stereocenters. The van der Waals surface area contributed by atoms with Crippen molar-refractivity contribution in [2.75, 3.05) is 11.9 Å². The molecule has 1 aliphatic rings. The summed E-state index contributed by atoms with van der Waals surface area (Å²) in [5, 5.41) is 7.69. The number of ether oxygens (including phenoxy) is 1. The van der Waals surface area contributed by atoms with Crippen LogP contribution >= 0.6 is 23.1 Å². The second-order valence-electron chi connectivity index (χ2n) is 5.01. The zero-order valence-corrected chi connectivity index (χ0v) is 13.3. The summed E-state index contributed by atoms with van der Waals surface area (Å²) in [7, 11) is 0. The third-order valence-corrected chi connectivity index (χ3v) is 4.47. The normalized spacial score (nSPS) is 13.2. The summed E-state index contributed by atoms with van der Waals surface area (Å²) in [4.78, 5) is 12.4. The van der Waals surface area contributed by atoms with Crippen molar-refractivity contribution in [1.29, 1.82) is 0 Å². The van der Waals surface area contributed by atoms with E-state index < -0.39 is 0 Å². The summed E-state index contributed by atoms with van der Waals surface area (Å²) >= 11 is 7.38. The molecule has 4 rings (SSSR count). The zero-order valence-electron chi connectivity index (χ0n) is 11.7. The predicted octanol–water partition coefficient (Wildman–Crippen LogP) is 3.86. The number of rotatable bonds is 2. The lowest BCUT2D eigenvalue weighted by molar-refractivity contribution is -0.118. The van der Waals surface area contributed by atoms with Crippen molar-refractivity contribution in [2.45, 2.75) is 0 Å². The van der Waals surface area contributed by atoms with Gasteiger partial charge in [-0.15, -0.1) is 5.10 Å². The van der Waals surface area contributed by atoms with Gasteiger partial charge >= 0.3 is 0 Å². The Hall–Kier alpha value is -2.44. The molecule has 2 heterocycles. The Labute approximate surface area is 141 Å². The van der Waals surface area contributed by atoms with Gasteiger partial charge in [0.25, 0.3) is 5.91 Å². The van der Waals surface area contributed by atoms with Gasteiger partial charge in [0, 0.05) is 10.6 Å². The largest absolute Gasteiger partial charge is 0.482 e. The van der Waals surface area contributed by atoms with Crippen molar-refractivity contribution in [2.24, 2.45) is 0 Å². The van der Waals surface area contributed by atoms with Gasteiger partial charge in [-0.3, -0.25) is 4.79 Å². The lowest BCUT2D eigenvalue weighted by Gasteiger charge is -2.18. The van der Waals surface area contributed by atoms with Gasteiger partial charge in [-0.1, -0.05) is 28.2 Å². The second-order valence-corrected chi connectivity index (χ2v) is 6.20. The molecule has 5 nitrogen and oxygen atoms in total. The number of hydrogen-bond acceptors (Lipinski definition) is 5. The summed E-state index contributed by atoms with van der Waals surface area (Å²) in [5.74, 6) is 0.488. The SMILES string of the molecule is O=C1COc2ccc(-c3nnsc3-c3cccc(Cl)c3)cc2N1. The molecule has 1 aromatic heterocycles. The fraction of sp³-hybridized carbons (Fsp3) is 0.0625. The summed E-state index contributed by atoms with van der Waals surface area (Å²) in [6.45, 7) is 0.0400. The van der Waals surface area contributed by atoms with Crippen molar-refractivity contribution < 1.29 is 9.53 Å². The molecule has 1 aliphatic heterocycles. The molecule has 0 fully saturated rings. The molecule has 23 heavy (non-hydrogen) atoms. The van der Waals surface area contributed by atoms with E-state index in [1.807, 2.05) is 42.5 Å².